The Morgan fingerprint density at radius 3 is 2.90 bits per heavy atom. The molecule has 4 nitrogen and oxygen atoms in total. The monoisotopic (exact) mass is 268 g/mol. The molecule has 0 N–H and O–H groups in total. The molecule has 2 rings (SSSR count). The highest BCUT2D eigenvalue weighted by atomic mass is 16.5. The van der Waals surface area contributed by atoms with Crippen LogP contribution in [0.1, 0.15) is 18.9 Å². The van der Waals surface area contributed by atoms with Crippen molar-refractivity contribution in [3.63, 3.8) is 0 Å². The second kappa shape index (κ2) is 6.07. The molecular formula is C16H16N2O2. The number of nitrogens with zero attached hydrogens (tertiary/aromatic N) is 2. The van der Waals surface area contributed by atoms with Crippen molar-refractivity contribution in [3.8, 4) is 6.07 Å². The number of benzene rings is 1. The molecule has 0 saturated carbocycles. The summed E-state index contributed by atoms with van der Waals surface area (Å²) < 4.78 is 6.78. The summed E-state index contributed by atoms with van der Waals surface area (Å²) in [5.74, 6) is -0.282. The van der Waals surface area contributed by atoms with Crippen molar-refractivity contribution in [2.45, 2.75) is 19.9 Å². The van der Waals surface area contributed by atoms with Crippen molar-refractivity contribution in [2.75, 3.05) is 7.11 Å². The normalized spacial score (nSPS) is 11.3. The maximum absolute atomic E-state index is 11.5. The molecular weight excluding hydrogens is 252 g/mol. The summed E-state index contributed by atoms with van der Waals surface area (Å²) in [4.78, 5) is 11.5. The van der Waals surface area contributed by atoms with E-state index in [1.807, 2.05) is 42.0 Å². The fourth-order valence-corrected chi connectivity index (χ4v) is 2.14. The van der Waals surface area contributed by atoms with Gasteiger partial charge in [-0.15, -0.1) is 0 Å². The van der Waals surface area contributed by atoms with Gasteiger partial charge in [-0.2, -0.15) is 5.26 Å². The van der Waals surface area contributed by atoms with Crippen LogP contribution in [0.15, 0.2) is 42.1 Å². The summed E-state index contributed by atoms with van der Waals surface area (Å²) in [6.07, 6.45) is 4.47. The number of methoxy groups -OCH3 is 1. The fourth-order valence-electron chi connectivity index (χ4n) is 2.14. The van der Waals surface area contributed by atoms with E-state index >= 15 is 0 Å². The molecule has 1 aromatic carbocycles. The van der Waals surface area contributed by atoms with Crippen LogP contribution in [0.25, 0.3) is 10.9 Å². The molecule has 0 radical (unpaired) electrons. The molecule has 1 aromatic heterocycles. The first kappa shape index (κ1) is 13.9. The molecule has 0 saturated heterocycles. The number of hydrogen-bond acceptors (Lipinski definition) is 3. The summed E-state index contributed by atoms with van der Waals surface area (Å²) in [5, 5.41) is 9.90. The number of allylic oxidation sites excluding steroid dienone is 1. The lowest BCUT2D eigenvalue weighted by Crippen LogP contribution is -2.05. The first-order valence-electron chi connectivity index (χ1n) is 6.46. The van der Waals surface area contributed by atoms with Gasteiger partial charge in [0.2, 0.25) is 0 Å². The van der Waals surface area contributed by atoms with E-state index in [0.717, 1.165) is 10.9 Å². The Morgan fingerprint density at radius 2 is 2.25 bits per heavy atom. The van der Waals surface area contributed by atoms with Crippen LogP contribution in [-0.4, -0.2) is 17.6 Å². The summed E-state index contributed by atoms with van der Waals surface area (Å²) in [7, 11) is 1.39. The average Bonchev–Trinajstić information content (AvgIpc) is 2.89. The first-order valence-corrected chi connectivity index (χ1v) is 6.46. The van der Waals surface area contributed by atoms with Gasteiger partial charge in [0.05, 0.1) is 18.7 Å². The molecule has 0 atom stereocenters. The number of carbonyl (C=O) groups excluding carboxylic acids is 1. The van der Waals surface area contributed by atoms with Crippen molar-refractivity contribution in [3.05, 3.63) is 47.7 Å². The maximum atomic E-state index is 11.5. The summed E-state index contributed by atoms with van der Waals surface area (Å²) >= 11 is 0. The van der Waals surface area contributed by atoms with Crippen LogP contribution in [0.4, 0.5) is 0 Å². The van der Waals surface area contributed by atoms with E-state index in [-0.39, 0.29) is 5.97 Å². The van der Waals surface area contributed by atoms with E-state index in [0.29, 0.717) is 24.1 Å². The third-order valence-corrected chi connectivity index (χ3v) is 3.26. The van der Waals surface area contributed by atoms with Gasteiger partial charge in [0.25, 0.3) is 0 Å². The lowest BCUT2D eigenvalue weighted by molar-refractivity contribution is -0.136. The quantitative estimate of drug-likeness (QED) is 0.632. The van der Waals surface area contributed by atoms with Gasteiger partial charge in [-0.1, -0.05) is 13.0 Å². The molecule has 0 amide bonds. The lowest BCUT2D eigenvalue weighted by Gasteiger charge is -2.05. The van der Waals surface area contributed by atoms with Gasteiger partial charge >= 0.3 is 5.97 Å². The second-order valence-electron chi connectivity index (χ2n) is 4.43. The number of carbonyl (C=O) groups is 1. The maximum Gasteiger partial charge on any atom is 0.333 e. The summed E-state index contributed by atoms with van der Waals surface area (Å²) in [6.45, 7) is 2.53. The highest BCUT2D eigenvalue weighted by molar-refractivity contribution is 5.88. The number of fused-ring (bicyclic) bond motifs is 1. The third-order valence-electron chi connectivity index (χ3n) is 3.26. The van der Waals surface area contributed by atoms with Crippen molar-refractivity contribution in [1.29, 1.82) is 5.26 Å². The van der Waals surface area contributed by atoms with Crippen molar-refractivity contribution in [1.82, 2.24) is 4.57 Å². The van der Waals surface area contributed by atoms with Crippen LogP contribution in [0.5, 0.6) is 0 Å². The molecule has 0 aliphatic rings. The van der Waals surface area contributed by atoms with Crippen molar-refractivity contribution >= 4 is 16.9 Å². The van der Waals surface area contributed by atoms with E-state index in [2.05, 4.69) is 6.07 Å². The van der Waals surface area contributed by atoms with E-state index in [9.17, 15) is 4.79 Å². The zero-order valence-electron chi connectivity index (χ0n) is 11.6. The molecule has 102 valence electrons. The van der Waals surface area contributed by atoms with Crippen LogP contribution in [0.3, 0.4) is 0 Å². The molecule has 4 heteroatoms. The Hall–Kier alpha value is -2.54. The van der Waals surface area contributed by atoms with Crippen molar-refractivity contribution in [2.24, 2.45) is 0 Å². The lowest BCUT2D eigenvalue weighted by atomic mass is 10.2. The molecule has 1 heterocycles. The van der Waals surface area contributed by atoms with Gasteiger partial charge in [-0.3, -0.25) is 0 Å². The van der Waals surface area contributed by atoms with E-state index in [1.165, 1.54) is 7.11 Å². The van der Waals surface area contributed by atoms with E-state index in [1.54, 1.807) is 6.07 Å². The molecule has 20 heavy (non-hydrogen) atoms. The molecule has 0 unspecified atom stereocenters. The Balaban J connectivity index is 2.29. The number of rotatable bonds is 4. The third kappa shape index (κ3) is 2.72. The van der Waals surface area contributed by atoms with Crippen LogP contribution in [-0.2, 0) is 16.1 Å². The van der Waals surface area contributed by atoms with E-state index in [4.69, 9.17) is 10.00 Å². The number of hydrogen-bond donors (Lipinski definition) is 0. The molecule has 2 aromatic rings. The Labute approximate surface area is 117 Å². The fraction of sp³-hybridized carbons (Fsp3) is 0.250. The molecule has 0 fully saturated rings. The molecule has 0 bridgehead atoms. The largest absolute Gasteiger partial charge is 0.466 e. The minimum absolute atomic E-state index is 0.282. The van der Waals surface area contributed by atoms with Gasteiger partial charge in [-0.25, -0.2) is 4.79 Å². The van der Waals surface area contributed by atoms with Crippen LogP contribution >= 0.6 is 0 Å². The second-order valence-corrected chi connectivity index (χ2v) is 4.43. The molecule has 0 spiro atoms. The summed E-state index contributed by atoms with van der Waals surface area (Å²) in [6, 6.07) is 9.67. The first-order chi connectivity index (χ1) is 9.69. The van der Waals surface area contributed by atoms with Gasteiger partial charge in [0.15, 0.2) is 0 Å². The highest BCUT2D eigenvalue weighted by Crippen LogP contribution is 2.18. The summed E-state index contributed by atoms with van der Waals surface area (Å²) in [5.41, 5.74) is 2.36. The van der Waals surface area contributed by atoms with Gasteiger partial charge < -0.3 is 9.30 Å². The SMILES string of the molecule is CC/C(=C/Cn1ccc2cc(C#N)ccc21)C(=O)OC. The molecule has 0 aliphatic carbocycles. The van der Waals surface area contributed by atoms with Crippen molar-refractivity contribution < 1.29 is 9.53 Å². The predicted molar refractivity (Wildman–Crippen MR) is 77.0 cm³/mol. The number of nitriles is 1. The van der Waals surface area contributed by atoms with Crippen LogP contribution in [0.2, 0.25) is 0 Å². The van der Waals surface area contributed by atoms with Gasteiger partial charge in [0, 0.05) is 29.2 Å². The van der Waals surface area contributed by atoms with Crippen LogP contribution in [0, 0.1) is 11.3 Å². The van der Waals surface area contributed by atoms with Gasteiger partial charge in [0.1, 0.15) is 0 Å². The smallest absolute Gasteiger partial charge is 0.333 e. The number of aromatic nitrogens is 1. The minimum Gasteiger partial charge on any atom is -0.466 e. The van der Waals surface area contributed by atoms with Gasteiger partial charge in [-0.05, 0) is 30.7 Å². The standard InChI is InChI=1S/C16H16N2O2/c1-3-13(16(19)20-2)6-8-18-9-7-14-10-12(11-17)4-5-15(14)18/h4-7,9-10H,3,8H2,1-2H3/b13-6-. The van der Waals surface area contributed by atoms with Crippen LogP contribution < -0.4 is 0 Å². The highest BCUT2D eigenvalue weighted by Gasteiger charge is 2.07. The zero-order valence-corrected chi connectivity index (χ0v) is 11.6. The van der Waals surface area contributed by atoms with E-state index < -0.39 is 0 Å². The topological polar surface area (TPSA) is 55.0 Å². The minimum atomic E-state index is -0.282. The number of esters is 1. The predicted octanol–water partition coefficient (Wildman–Crippen LogP) is 3.02. The molecule has 0 aliphatic heterocycles. The average molecular weight is 268 g/mol. The number of ether oxygens (including phenoxy) is 1. The Morgan fingerprint density at radius 1 is 1.45 bits per heavy atom. The Kier molecular flexibility index (Phi) is 4.21. The Bertz CT molecular complexity index is 705. The zero-order chi connectivity index (χ0) is 14.5.